The Bertz CT molecular complexity index is 1060. The van der Waals surface area contributed by atoms with Crippen LogP contribution in [0.15, 0.2) is 41.0 Å². The molecule has 1 aromatic carbocycles. The highest BCUT2D eigenvalue weighted by atomic mass is 35.5. The van der Waals surface area contributed by atoms with Gasteiger partial charge in [-0.15, -0.1) is 0 Å². The molecule has 0 radical (unpaired) electrons. The summed E-state index contributed by atoms with van der Waals surface area (Å²) >= 11 is 11.2. The molecule has 1 fully saturated rings. The Morgan fingerprint density at radius 3 is 2.86 bits per heavy atom. The van der Waals surface area contributed by atoms with Crippen LogP contribution in [0.3, 0.4) is 0 Å². The lowest BCUT2D eigenvalue weighted by Crippen LogP contribution is -2.36. The molecule has 35 heavy (non-hydrogen) atoms. The average Bonchev–Trinajstić information content (AvgIpc) is 3.20. The van der Waals surface area contributed by atoms with E-state index in [0.717, 1.165) is 0 Å². The van der Waals surface area contributed by atoms with E-state index >= 15 is 0 Å². The Hall–Kier alpha value is -2.99. The normalized spacial score (nSPS) is 17.5. The number of hydrogen-bond donors (Lipinski definition) is 5. The fraction of sp³-hybridized carbons (Fsp3) is 0.391. The first kappa shape index (κ1) is 26.6. The quantitative estimate of drug-likeness (QED) is 0.219. The number of nitrogens with one attached hydrogen (secondary N) is 3. The van der Waals surface area contributed by atoms with Crippen molar-refractivity contribution in [2.75, 3.05) is 48.3 Å². The Morgan fingerprint density at radius 2 is 2.11 bits per heavy atom. The summed E-state index contributed by atoms with van der Waals surface area (Å²) in [6.45, 7) is 1.04. The summed E-state index contributed by atoms with van der Waals surface area (Å²) in [4.78, 5) is 39.1. The van der Waals surface area contributed by atoms with E-state index in [1.54, 1.807) is 24.3 Å². The van der Waals surface area contributed by atoms with Crippen LogP contribution in [0.1, 0.15) is 19.3 Å². The van der Waals surface area contributed by atoms with Crippen LogP contribution in [0.5, 0.6) is 0 Å². The fourth-order valence-corrected chi connectivity index (χ4v) is 3.93. The van der Waals surface area contributed by atoms with E-state index < -0.39 is 12.2 Å². The van der Waals surface area contributed by atoms with Crippen LogP contribution in [0, 0.1) is 0 Å². The molecule has 0 aromatic heterocycles. The van der Waals surface area contributed by atoms with Crippen molar-refractivity contribution in [3.63, 3.8) is 0 Å². The van der Waals surface area contributed by atoms with Crippen molar-refractivity contribution in [1.29, 1.82) is 0 Å². The summed E-state index contributed by atoms with van der Waals surface area (Å²) < 4.78 is 5.42. The summed E-state index contributed by atoms with van der Waals surface area (Å²) in [6, 6.07) is 5.13. The van der Waals surface area contributed by atoms with Crippen LogP contribution < -0.4 is 26.6 Å². The highest BCUT2D eigenvalue weighted by Crippen LogP contribution is 2.30. The first-order chi connectivity index (χ1) is 16.8. The van der Waals surface area contributed by atoms with E-state index in [1.807, 2.05) is 0 Å². The number of carbonyl (C=O) groups is 3. The number of hydrogen-bond acceptors (Lipinski definition) is 8. The topological polar surface area (TPSA) is 146 Å². The molecule has 188 valence electrons. The smallest absolute Gasteiger partial charge is 0.414 e. The molecule has 3 amide bonds. The minimum Gasteiger partial charge on any atom is -0.442 e. The number of nitrogens with zero attached hydrogens (tertiary/aromatic N) is 1. The van der Waals surface area contributed by atoms with Crippen LogP contribution in [0.2, 0.25) is 0 Å². The van der Waals surface area contributed by atoms with Gasteiger partial charge in [-0.2, -0.15) is 0 Å². The first-order valence-corrected chi connectivity index (χ1v) is 12.0. The molecular formula is C23H28ClN5O5S. The van der Waals surface area contributed by atoms with Crippen molar-refractivity contribution >= 4 is 63.7 Å². The maximum absolute atomic E-state index is 12.5. The summed E-state index contributed by atoms with van der Waals surface area (Å²) in [5, 5.41) is 18.2. The molecule has 0 saturated carbocycles. The minimum absolute atomic E-state index is 0.0320. The molecule has 1 atom stereocenters. The van der Waals surface area contributed by atoms with Crippen LogP contribution in [-0.2, 0) is 14.3 Å². The van der Waals surface area contributed by atoms with Gasteiger partial charge in [-0.1, -0.05) is 29.9 Å². The first-order valence-electron chi connectivity index (χ1n) is 11.2. The van der Waals surface area contributed by atoms with Crippen molar-refractivity contribution in [3.05, 3.63) is 41.0 Å². The molecule has 6 N–H and O–H groups in total. The standard InChI is InChI=1S/C23H28ClN5O5S/c24-14-2-5-20(35)17(10-14)22(32)27-12-16-13-29(23(33)34-16)15-3-4-18(26-8-1-9-30)19(11-15)28-21(31)6-7-25/h2-4,10-11,16,26,30H,1,5-9,12-13,25H2,(H,27,32)(H,28,31). The van der Waals surface area contributed by atoms with Crippen LogP contribution in [0.4, 0.5) is 21.9 Å². The lowest BCUT2D eigenvalue weighted by Gasteiger charge is -2.18. The number of rotatable bonds is 11. The molecule has 0 spiro atoms. The van der Waals surface area contributed by atoms with Crippen LogP contribution in [0.25, 0.3) is 0 Å². The number of aliphatic hydroxyl groups excluding tert-OH is 1. The molecule has 1 unspecified atom stereocenters. The second-order valence-electron chi connectivity index (χ2n) is 7.92. The van der Waals surface area contributed by atoms with Gasteiger partial charge in [0, 0.05) is 48.1 Å². The van der Waals surface area contributed by atoms with Crippen molar-refractivity contribution < 1.29 is 24.2 Å². The van der Waals surface area contributed by atoms with Gasteiger partial charge < -0.3 is 31.5 Å². The molecule has 1 saturated heterocycles. The number of carbonyl (C=O) groups excluding carboxylic acids is 3. The molecule has 2 aliphatic rings. The maximum Gasteiger partial charge on any atom is 0.414 e. The molecule has 1 heterocycles. The molecule has 1 aliphatic carbocycles. The number of aliphatic hydroxyl groups is 1. The van der Waals surface area contributed by atoms with E-state index in [9.17, 15) is 14.4 Å². The Labute approximate surface area is 213 Å². The van der Waals surface area contributed by atoms with E-state index in [-0.39, 0.29) is 44.5 Å². The number of benzene rings is 1. The van der Waals surface area contributed by atoms with Gasteiger partial charge in [0.15, 0.2) is 0 Å². The molecule has 0 bridgehead atoms. The minimum atomic E-state index is -0.576. The third-order valence-electron chi connectivity index (χ3n) is 5.28. The number of nitrogens with two attached hydrogens (primary N) is 1. The SMILES string of the molecule is NCCC(=O)Nc1cc(N2CC(CNC(=O)C3=CC(Cl)=CCC3=S)OC2=O)ccc1NCCCO. The third kappa shape index (κ3) is 7.25. The molecular weight excluding hydrogens is 494 g/mol. The fourth-order valence-electron chi connectivity index (χ4n) is 3.51. The molecule has 12 heteroatoms. The van der Waals surface area contributed by atoms with Crippen molar-refractivity contribution in [2.45, 2.75) is 25.4 Å². The highest BCUT2D eigenvalue weighted by Gasteiger charge is 2.33. The summed E-state index contributed by atoms with van der Waals surface area (Å²) in [7, 11) is 0. The number of anilines is 3. The number of thiocarbonyl (C=S) groups is 1. The second kappa shape index (κ2) is 12.6. The lowest BCUT2D eigenvalue weighted by molar-refractivity contribution is -0.117. The zero-order valence-electron chi connectivity index (χ0n) is 19.0. The summed E-state index contributed by atoms with van der Waals surface area (Å²) in [5.74, 6) is -0.636. The van der Waals surface area contributed by atoms with E-state index in [2.05, 4.69) is 16.0 Å². The average molecular weight is 522 g/mol. The summed E-state index contributed by atoms with van der Waals surface area (Å²) in [5.41, 5.74) is 7.45. The van der Waals surface area contributed by atoms with Gasteiger partial charge in [-0.3, -0.25) is 14.5 Å². The van der Waals surface area contributed by atoms with E-state index in [1.165, 1.54) is 11.0 Å². The van der Waals surface area contributed by atoms with Crippen LogP contribution >= 0.6 is 23.8 Å². The van der Waals surface area contributed by atoms with Gasteiger partial charge in [0.2, 0.25) is 5.91 Å². The number of cyclic esters (lactones) is 1. The van der Waals surface area contributed by atoms with Gasteiger partial charge in [0.1, 0.15) is 6.10 Å². The van der Waals surface area contributed by atoms with Crippen molar-refractivity contribution in [1.82, 2.24) is 5.32 Å². The number of amides is 3. The predicted octanol–water partition coefficient (Wildman–Crippen LogP) is 2.03. The molecule has 1 aromatic rings. The molecule has 10 nitrogen and oxygen atoms in total. The second-order valence-corrected chi connectivity index (χ2v) is 8.85. The Morgan fingerprint density at radius 1 is 1.31 bits per heavy atom. The van der Waals surface area contributed by atoms with Gasteiger partial charge >= 0.3 is 6.09 Å². The molecule has 1 aliphatic heterocycles. The van der Waals surface area contributed by atoms with Crippen molar-refractivity contribution in [3.8, 4) is 0 Å². The van der Waals surface area contributed by atoms with Crippen molar-refractivity contribution in [2.24, 2.45) is 5.73 Å². The van der Waals surface area contributed by atoms with Gasteiger partial charge in [0.05, 0.1) is 30.0 Å². The third-order valence-corrected chi connectivity index (χ3v) is 5.93. The largest absolute Gasteiger partial charge is 0.442 e. The van der Waals surface area contributed by atoms with Crippen LogP contribution in [-0.4, -0.2) is 66.8 Å². The lowest BCUT2D eigenvalue weighted by atomic mass is 10.0. The summed E-state index contributed by atoms with van der Waals surface area (Å²) in [6.07, 6.45) is 3.22. The maximum atomic E-state index is 12.5. The van der Waals surface area contributed by atoms with E-state index in [0.29, 0.717) is 51.9 Å². The number of ether oxygens (including phenoxy) is 1. The zero-order valence-corrected chi connectivity index (χ0v) is 20.6. The highest BCUT2D eigenvalue weighted by molar-refractivity contribution is 7.81. The predicted molar refractivity (Wildman–Crippen MR) is 139 cm³/mol. The van der Waals surface area contributed by atoms with Gasteiger partial charge in [-0.05, 0) is 30.7 Å². The van der Waals surface area contributed by atoms with Gasteiger partial charge in [-0.25, -0.2) is 4.79 Å². The number of halogens is 1. The molecule has 3 rings (SSSR count). The van der Waals surface area contributed by atoms with Gasteiger partial charge in [0.25, 0.3) is 5.91 Å². The Balaban J connectivity index is 1.67. The monoisotopic (exact) mass is 521 g/mol. The zero-order chi connectivity index (χ0) is 25.4. The Kier molecular flexibility index (Phi) is 9.61. The number of allylic oxidation sites excluding steroid dienone is 3. The van der Waals surface area contributed by atoms with E-state index in [4.69, 9.17) is 39.4 Å².